The van der Waals surface area contributed by atoms with E-state index < -0.39 is 12.1 Å². The van der Waals surface area contributed by atoms with Crippen molar-refractivity contribution in [2.45, 2.75) is 44.7 Å². The first-order valence-electron chi connectivity index (χ1n) is 6.84. The van der Waals surface area contributed by atoms with Crippen molar-refractivity contribution in [1.29, 1.82) is 0 Å². The van der Waals surface area contributed by atoms with Crippen molar-refractivity contribution in [3.63, 3.8) is 0 Å². The van der Waals surface area contributed by atoms with Crippen LogP contribution in [0.25, 0.3) is 0 Å². The Labute approximate surface area is 119 Å². The molecular weight excluding hydrogens is 262 g/mol. The summed E-state index contributed by atoms with van der Waals surface area (Å²) in [5, 5.41) is 4.61. The minimum absolute atomic E-state index is 0.0124. The fraction of sp³-hybridized carbons (Fsp3) is 0.769. The van der Waals surface area contributed by atoms with Gasteiger partial charge in [0.15, 0.2) is 0 Å². The number of urea groups is 1. The average Bonchev–Trinajstić information content (AvgIpc) is 2.46. The standard InChI is InChI=1S/C13H23N3O4/c1-9(12(18)15-13(19)14-2)16-7-5-4-6-10(16)8-11(17)20-3/h9-10H,4-8H2,1-3H3,(H2,14,15,18,19). The van der Waals surface area contributed by atoms with E-state index >= 15 is 0 Å². The van der Waals surface area contributed by atoms with Gasteiger partial charge in [0.25, 0.3) is 0 Å². The lowest BCUT2D eigenvalue weighted by Gasteiger charge is -2.38. The van der Waals surface area contributed by atoms with Gasteiger partial charge < -0.3 is 10.1 Å². The molecular formula is C13H23N3O4. The number of imide groups is 1. The van der Waals surface area contributed by atoms with Crippen LogP contribution in [0.15, 0.2) is 0 Å². The van der Waals surface area contributed by atoms with Crippen LogP contribution in [0.1, 0.15) is 32.6 Å². The van der Waals surface area contributed by atoms with Crippen LogP contribution < -0.4 is 10.6 Å². The molecule has 20 heavy (non-hydrogen) atoms. The zero-order valence-corrected chi connectivity index (χ0v) is 12.3. The zero-order valence-electron chi connectivity index (χ0n) is 12.3. The highest BCUT2D eigenvalue weighted by Gasteiger charge is 2.32. The largest absolute Gasteiger partial charge is 0.469 e. The number of hydrogen-bond donors (Lipinski definition) is 2. The Morgan fingerprint density at radius 2 is 2.05 bits per heavy atom. The SMILES string of the molecule is CNC(=O)NC(=O)C(C)N1CCCCC1CC(=O)OC. The van der Waals surface area contributed by atoms with Crippen molar-refractivity contribution < 1.29 is 19.1 Å². The minimum Gasteiger partial charge on any atom is -0.469 e. The molecule has 0 radical (unpaired) electrons. The summed E-state index contributed by atoms with van der Waals surface area (Å²) in [6.07, 6.45) is 3.14. The molecule has 114 valence electrons. The van der Waals surface area contributed by atoms with Crippen molar-refractivity contribution in [3.8, 4) is 0 Å². The van der Waals surface area contributed by atoms with Gasteiger partial charge in [-0.2, -0.15) is 0 Å². The highest BCUT2D eigenvalue weighted by Crippen LogP contribution is 2.22. The average molecular weight is 285 g/mol. The lowest BCUT2D eigenvalue weighted by Crippen LogP contribution is -2.54. The molecule has 2 atom stereocenters. The van der Waals surface area contributed by atoms with Gasteiger partial charge in [-0.15, -0.1) is 0 Å². The van der Waals surface area contributed by atoms with Crippen LogP contribution in [0.5, 0.6) is 0 Å². The predicted molar refractivity (Wildman–Crippen MR) is 73.0 cm³/mol. The summed E-state index contributed by atoms with van der Waals surface area (Å²) < 4.78 is 4.69. The number of amides is 3. The number of esters is 1. The van der Waals surface area contributed by atoms with Crippen molar-refractivity contribution >= 4 is 17.9 Å². The van der Waals surface area contributed by atoms with Gasteiger partial charge in [-0.05, 0) is 26.3 Å². The summed E-state index contributed by atoms with van der Waals surface area (Å²) >= 11 is 0. The Bertz CT molecular complexity index is 373. The van der Waals surface area contributed by atoms with E-state index in [1.165, 1.54) is 14.2 Å². The molecule has 0 aromatic heterocycles. The second kappa shape index (κ2) is 7.84. The molecule has 1 saturated heterocycles. The van der Waals surface area contributed by atoms with E-state index in [1.54, 1.807) is 6.92 Å². The lowest BCUT2D eigenvalue weighted by atomic mass is 9.97. The molecule has 2 unspecified atom stereocenters. The summed E-state index contributed by atoms with van der Waals surface area (Å²) in [4.78, 5) is 36.6. The highest BCUT2D eigenvalue weighted by molar-refractivity contribution is 5.96. The van der Waals surface area contributed by atoms with Gasteiger partial charge in [0.2, 0.25) is 5.91 Å². The molecule has 1 fully saturated rings. The Morgan fingerprint density at radius 3 is 2.65 bits per heavy atom. The van der Waals surface area contributed by atoms with E-state index in [-0.39, 0.29) is 24.3 Å². The third-order valence-electron chi connectivity index (χ3n) is 3.64. The summed E-state index contributed by atoms with van der Waals surface area (Å²) in [6.45, 7) is 2.48. The maximum atomic E-state index is 12.0. The van der Waals surface area contributed by atoms with Gasteiger partial charge in [0.1, 0.15) is 0 Å². The Kier molecular flexibility index (Phi) is 6.44. The normalized spacial score (nSPS) is 20.9. The molecule has 1 aliphatic heterocycles. The molecule has 3 amide bonds. The van der Waals surface area contributed by atoms with E-state index in [0.717, 1.165) is 25.8 Å². The van der Waals surface area contributed by atoms with E-state index in [4.69, 9.17) is 4.74 Å². The van der Waals surface area contributed by atoms with Crippen LogP contribution in [0.3, 0.4) is 0 Å². The lowest BCUT2D eigenvalue weighted by molar-refractivity contribution is -0.143. The summed E-state index contributed by atoms with van der Waals surface area (Å²) in [5.41, 5.74) is 0. The number of ether oxygens (including phenoxy) is 1. The zero-order chi connectivity index (χ0) is 15.1. The Hall–Kier alpha value is -1.63. The second-order valence-electron chi connectivity index (χ2n) is 4.91. The number of hydrogen-bond acceptors (Lipinski definition) is 5. The monoisotopic (exact) mass is 285 g/mol. The topological polar surface area (TPSA) is 87.7 Å². The Morgan fingerprint density at radius 1 is 1.35 bits per heavy atom. The molecule has 1 heterocycles. The van der Waals surface area contributed by atoms with Crippen molar-refractivity contribution in [1.82, 2.24) is 15.5 Å². The molecule has 7 heteroatoms. The number of piperidine rings is 1. The maximum absolute atomic E-state index is 12.0. The number of carbonyl (C=O) groups is 3. The van der Waals surface area contributed by atoms with Gasteiger partial charge in [-0.1, -0.05) is 6.42 Å². The van der Waals surface area contributed by atoms with Crippen LogP contribution in [0.4, 0.5) is 4.79 Å². The third-order valence-corrected chi connectivity index (χ3v) is 3.64. The summed E-state index contributed by atoms with van der Waals surface area (Å²) in [5.74, 6) is -0.637. The van der Waals surface area contributed by atoms with Crippen molar-refractivity contribution in [2.75, 3.05) is 20.7 Å². The predicted octanol–water partition coefficient (Wildman–Crippen LogP) is 0.248. The van der Waals surface area contributed by atoms with Gasteiger partial charge in [0, 0.05) is 13.1 Å². The number of rotatable bonds is 4. The fourth-order valence-corrected chi connectivity index (χ4v) is 2.46. The smallest absolute Gasteiger partial charge is 0.321 e. The minimum atomic E-state index is -0.525. The molecule has 0 aromatic rings. The molecule has 2 N–H and O–H groups in total. The number of nitrogens with zero attached hydrogens (tertiary/aromatic N) is 1. The number of carbonyl (C=O) groups excluding carboxylic acids is 3. The quantitative estimate of drug-likeness (QED) is 0.723. The van der Waals surface area contributed by atoms with Crippen LogP contribution in [-0.2, 0) is 14.3 Å². The first-order chi connectivity index (χ1) is 9.49. The Balaban J connectivity index is 2.66. The number of likely N-dealkylation sites (tertiary alicyclic amines) is 1. The van der Waals surface area contributed by atoms with Crippen LogP contribution in [-0.4, -0.2) is 55.6 Å². The van der Waals surface area contributed by atoms with Crippen molar-refractivity contribution in [2.24, 2.45) is 0 Å². The van der Waals surface area contributed by atoms with Gasteiger partial charge in [0.05, 0.1) is 19.6 Å². The number of methoxy groups -OCH3 is 1. The molecule has 0 spiro atoms. The van der Waals surface area contributed by atoms with Gasteiger partial charge in [-0.3, -0.25) is 19.8 Å². The van der Waals surface area contributed by atoms with E-state index in [2.05, 4.69) is 10.6 Å². The van der Waals surface area contributed by atoms with Crippen molar-refractivity contribution in [3.05, 3.63) is 0 Å². The molecule has 1 aliphatic rings. The molecule has 0 aromatic carbocycles. The van der Waals surface area contributed by atoms with Gasteiger partial charge >= 0.3 is 12.0 Å². The van der Waals surface area contributed by atoms with Gasteiger partial charge in [-0.25, -0.2) is 4.79 Å². The molecule has 0 aliphatic carbocycles. The summed E-state index contributed by atoms with van der Waals surface area (Å²) in [7, 11) is 2.81. The fourth-order valence-electron chi connectivity index (χ4n) is 2.46. The first-order valence-corrected chi connectivity index (χ1v) is 6.84. The maximum Gasteiger partial charge on any atom is 0.321 e. The third kappa shape index (κ3) is 4.48. The molecule has 1 rings (SSSR count). The number of nitrogens with one attached hydrogen (secondary N) is 2. The summed E-state index contributed by atoms with van der Waals surface area (Å²) in [6, 6.07) is -0.993. The van der Waals surface area contributed by atoms with Crippen LogP contribution >= 0.6 is 0 Å². The van der Waals surface area contributed by atoms with Crippen LogP contribution in [0, 0.1) is 0 Å². The molecule has 7 nitrogen and oxygen atoms in total. The van der Waals surface area contributed by atoms with E-state index in [0.29, 0.717) is 0 Å². The van der Waals surface area contributed by atoms with Crippen LogP contribution in [0.2, 0.25) is 0 Å². The second-order valence-corrected chi connectivity index (χ2v) is 4.91. The highest BCUT2D eigenvalue weighted by atomic mass is 16.5. The van der Waals surface area contributed by atoms with E-state index in [9.17, 15) is 14.4 Å². The van der Waals surface area contributed by atoms with E-state index in [1.807, 2.05) is 4.90 Å². The molecule has 0 bridgehead atoms. The first kappa shape index (κ1) is 16.4. The molecule has 0 saturated carbocycles.